The fourth-order valence-corrected chi connectivity index (χ4v) is 8.47. The van der Waals surface area contributed by atoms with Gasteiger partial charge in [-0.25, -0.2) is 0 Å². The van der Waals surface area contributed by atoms with E-state index in [0.29, 0.717) is 30.6 Å². The van der Waals surface area contributed by atoms with Crippen molar-refractivity contribution >= 4 is 11.7 Å². The standard InChI is InChI=1S/C31H44N2O5/c1-3-32-29(35)26-20-27(34)30(2)10-9-24-23-8-6-22(19-21(23)5-7-25(24)28(26)30)36-16-4-13-33-14-11-31(12-15-33)37-17-18-38-31/h6,8,19,24-26,28H,3-5,7,9-18,20H2,1-2H3,(H,32,35)/t24-,25-,26+,28-,30-/m1/s1. The van der Waals surface area contributed by atoms with Crippen molar-refractivity contribution < 1.29 is 23.8 Å². The van der Waals surface area contributed by atoms with Crippen molar-refractivity contribution in [3.8, 4) is 5.75 Å². The highest BCUT2D eigenvalue weighted by molar-refractivity contribution is 5.94. The van der Waals surface area contributed by atoms with E-state index in [1.165, 1.54) is 11.1 Å². The molecule has 5 aliphatic rings. The number of ketones is 1. The van der Waals surface area contributed by atoms with Crippen molar-refractivity contribution in [2.75, 3.05) is 46.0 Å². The lowest BCUT2D eigenvalue weighted by molar-refractivity contribution is -0.185. The lowest BCUT2D eigenvalue weighted by Crippen LogP contribution is -2.46. The first kappa shape index (κ1) is 26.3. The number of hydrogen-bond acceptors (Lipinski definition) is 6. The predicted molar refractivity (Wildman–Crippen MR) is 144 cm³/mol. The van der Waals surface area contributed by atoms with Crippen LogP contribution >= 0.6 is 0 Å². The van der Waals surface area contributed by atoms with Crippen molar-refractivity contribution in [2.24, 2.45) is 23.2 Å². The maximum Gasteiger partial charge on any atom is 0.223 e. The van der Waals surface area contributed by atoms with Crippen LogP contribution in [0, 0.1) is 23.2 Å². The first-order chi connectivity index (χ1) is 18.4. The molecule has 5 atom stereocenters. The summed E-state index contributed by atoms with van der Waals surface area (Å²) in [5.41, 5.74) is 2.47. The van der Waals surface area contributed by atoms with Crippen LogP contribution in [-0.4, -0.2) is 68.4 Å². The van der Waals surface area contributed by atoms with Crippen molar-refractivity contribution in [1.29, 1.82) is 0 Å². The zero-order valence-corrected chi connectivity index (χ0v) is 23.1. The van der Waals surface area contributed by atoms with Crippen LogP contribution in [0.4, 0.5) is 0 Å². The van der Waals surface area contributed by atoms with Gasteiger partial charge in [-0.1, -0.05) is 13.0 Å². The third kappa shape index (κ3) is 4.69. The Morgan fingerprint density at radius 2 is 1.95 bits per heavy atom. The lowest BCUT2D eigenvalue weighted by Gasteiger charge is -2.49. The number of amides is 1. The Labute approximate surface area is 226 Å². The molecule has 1 aromatic carbocycles. The molecular weight excluding hydrogens is 480 g/mol. The van der Waals surface area contributed by atoms with Crippen LogP contribution in [0.1, 0.15) is 75.8 Å². The number of carbonyl (C=O) groups excluding carboxylic acids is 2. The van der Waals surface area contributed by atoms with Gasteiger partial charge in [-0.05, 0) is 80.0 Å². The lowest BCUT2D eigenvalue weighted by atomic mass is 9.54. The summed E-state index contributed by atoms with van der Waals surface area (Å²) in [7, 11) is 0. The summed E-state index contributed by atoms with van der Waals surface area (Å²) in [6, 6.07) is 6.66. The molecule has 0 bridgehead atoms. The molecule has 2 saturated carbocycles. The van der Waals surface area contributed by atoms with Gasteiger partial charge in [0.2, 0.25) is 5.91 Å². The Morgan fingerprint density at radius 3 is 2.71 bits per heavy atom. The van der Waals surface area contributed by atoms with Gasteiger partial charge in [-0.2, -0.15) is 0 Å². The summed E-state index contributed by atoms with van der Waals surface area (Å²) >= 11 is 0. The summed E-state index contributed by atoms with van der Waals surface area (Å²) in [4.78, 5) is 28.5. The highest BCUT2D eigenvalue weighted by Gasteiger charge is 2.60. The number of piperidine rings is 1. The number of ether oxygens (including phenoxy) is 3. The minimum absolute atomic E-state index is 0.0778. The van der Waals surface area contributed by atoms with E-state index in [1.54, 1.807) is 0 Å². The van der Waals surface area contributed by atoms with E-state index < -0.39 is 0 Å². The number of carbonyl (C=O) groups is 2. The molecule has 7 nitrogen and oxygen atoms in total. The molecule has 208 valence electrons. The van der Waals surface area contributed by atoms with Gasteiger partial charge in [-0.15, -0.1) is 0 Å². The summed E-state index contributed by atoms with van der Waals surface area (Å²) < 4.78 is 17.9. The van der Waals surface area contributed by atoms with E-state index in [1.807, 2.05) is 6.92 Å². The largest absolute Gasteiger partial charge is 0.494 e. The number of aryl methyl sites for hydroxylation is 1. The van der Waals surface area contributed by atoms with Gasteiger partial charge in [0.05, 0.1) is 19.8 Å². The molecule has 2 aliphatic heterocycles. The predicted octanol–water partition coefficient (Wildman–Crippen LogP) is 4.08. The molecule has 38 heavy (non-hydrogen) atoms. The number of Topliss-reactive ketones (excluding diaryl/α,β-unsaturated/α-hetero) is 1. The topological polar surface area (TPSA) is 77.1 Å². The smallest absolute Gasteiger partial charge is 0.223 e. The van der Waals surface area contributed by atoms with E-state index in [4.69, 9.17) is 14.2 Å². The molecule has 2 heterocycles. The Bertz CT molecular complexity index is 1040. The van der Waals surface area contributed by atoms with Crippen LogP contribution in [0.5, 0.6) is 5.75 Å². The number of rotatable bonds is 7. The van der Waals surface area contributed by atoms with Crippen molar-refractivity contribution in [2.45, 2.75) is 76.9 Å². The molecule has 2 saturated heterocycles. The van der Waals surface area contributed by atoms with E-state index in [0.717, 1.165) is 90.2 Å². The summed E-state index contributed by atoms with van der Waals surface area (Å²) in [5.74, 6) is 1.85. The third-order valence-corrected chi connectivity index (χ3v) is 10.4. The van der Waals surface area contributed by atoms with Gasteiger partial charge in [0, 0.05) is 56.8 Å². The first-order valence-corrected chi connectivity index (χ1v) is 15.0. The number of nitrogens with zero attached hydrogens (tertiary/aromatic N) is 1. The molecule has 7 heteroatoms. The first-order valence-electron chi connectivity index (χ1n) is 15.0. The highest BCUT2D eigenvalue weighted by Crippen LogP contribution is 2.61. The molecule has 0 aromatic heterocycles. The second-order valence-corrected chi connectivity index (χ2v) is 12.4. The molecule has 6 rings (SSSR count). The molecule has 1 aromatic rings. The maximum absolute atomic E-state index is 13.1. The average molecular weight is 525 g/mol. The number of nitrogens with one attached hydrogen (secondary N) is 1. The summed E-state index contributed by atoms with van der Waals surface area (Å²) in [6.45, 7) is 9.97. The van der Waals surface area contributed by atoms with E-state index in [-0.39, 0.29) is 28.9 Å². The van der Waals surface area contributed by atoms with Crippen LogP contribution in [0.15, 0.2) is 18.2 Å². The highest BCUT2D eigenvalue weighted by atomic mass is 16.7. The third-order valence-electron chi connectivity index (χ3n) is 10.4. The summed E-state index contributed by atoms with van der Waals surface area (Å²) in [6.07, 6.45) is 7.30. The van der Waals surface area contributed by atoms with Crippen LogP contribution < -0.4 is 10.1 Å². The van der Waals surface area contributed by atoms with E-state index in [9.17, 15) is 9.59 Å². The quantitative estimate of drug-likeness (QED) is 0.542. The van der Waals surface area contributed by atoms with E-state index >= 15 is 0 Å². The molecule has 1 amide bonds. The van der Waals surface area contributed by atoms with Gasteiger partial charge in [0.25, 0.3) is 0 Å². The number of hydrogen-bond donors (Lipinski definition) is 1. The molecular formula is C31H44N2O5. The monoisotopic (exact) mass is 524 g/mol. The molecule has 1 spiro atoms. The van der Waals surface area contributed by atoms with Crippen LogP contribution in [0.3, 0.4) is 0 Å². The fraction of sp³-hybridized carbons (Fsp3) is 0.742. The zero-order chi connectivity index (χ0) is 26.3. The molecule has 0 unspecified atom stereocenters. The molecule has 0 radical (unpaired) electrons. The average Bonchev–Trinajstić information content (AvgIpc) is 3.49. The van der Waals surface area contributed by atoms with Crippen LogP contribution in [0.25, 0.3) is 0 Å². The van der Waals surface area contributed by atoms with Gasteiger partial charge < -0.3 is 24.4 Å². The molecule has 4 fully saturated rings. The summed E-state index contributed by atoms with van der Waals surface area (Å²) in [5, 5.41) is 3.02. The van der Waals surface area contributed by atoms with Gasteiger partial charge in [0.1, 0.15) is 11.5 Å². The Hall–Kier alpha value is -1.96. The minimum atomic E-state index is -0.344. The zero-order valence-electron chi connectivity index (χ0n) is 23.1. The van der Waals surface area contributed by atoms with E-state index in [2.05, 4.69) is 35.3 Å². The maximum atomic E-state index is 13.1. The van der Waals surface area contributed by atoms with Gasteiger partial charge in [0.15, 0.2) is 5.79 Å². The Morgan fingerprint density at radius 1 is 1.16 bits per heavy atom. The SMILES string of the molecule is CCNC(=O)[C@H]1CC(=O)[C@@]2(C)CC[C@@H]3c4ccc(OCCCN5CCC6(CC5)OCCO6)cc4CC[C@H]3[C@H]12. The van der Waals surface area contributed by atoms with Crippen molar-refractivity contribution in [3.63, 3.8) is 0 Å². The van der Waals surface area contributed by atoms with Gasteiger partial charge >= 0.3 is 0 Å². The van der Waals surface area contributed by atoms with Crippen LogP contribution in [0.2, 0.25) is 0 Å². The second kappa shape index (κ2) is 10.5. The normalized spacial score (nSPS) is 34.0. The second-order valence-electron chi connectivity index (χ2n) is 12.4. The fourth-order valence-electron chi connectivity index (χ4n) is 8.47. The Kier molecular flexibility index (Phi) is 7.29. The number of likely N-dealkylation sites (tertiary alicyclic amines) is 1. The number of fused-ring (bicyclic) bond motifs is 5. The minimum Gasteiger partial charge on any atom is -0.494 e. The van der Waals surface area contributed by atoms with Crippen LogP contribution in [-0.2, 0) is 25.5 Å². The number of benzene rings is 1. The molecule has 3 aliphatic carbocycles. The Balaban J connectivity index is 1.05. The van der Waals surface area contributed by atoms with Crippen molar-refractivity contribution in [1.82, 2.24) is 10.2 Å². The van der Waals surface area contributed by atoms with Crippen molar-refractivity contribution in [3.05, 3.63) is 29.3 Å². The van der Waals surface area contributed by atoms with Gasteiger partial charge in [-0.3, -0.25) is 9.59 Å². The molecule has 1 N–H and O–H groups in total.